The van der Waals surface area contributed by atoms with E-state index >= 15 is 0 Å². The number of aryl methyl sites for hydroxylation is 1. The summed E-state index contributed by atoms with van der Waals surface area (Å²) < 4.78 is 0. The molecule has 5 aliphatic rings. The molecule has 186 valence electrons. The van der Waals surface area contributed by atoms with E-state index in [-0.39, 0.29) is 17.0 Å². The Kier molecular flexibility index (Phi) is 3.87. The van der Waals surface area contributed by atoms with Gasteiger partial charge in [-0.25, -0.2) is 9.97 Å². The van der Waals surface area contributed by atoms with E-state index in [4.69, 9.17) is 15.7 Å². The smallest absolute Gasteiger partial charge is 0.183 e. The fraction of sp³-hybridized carbons (Fsp3) is 0.448. The van der Waals surface area contributed by atoms with Gasteiger partial charge >= 0.3 is 0 Å². The number of fused-ring (bicyclic) bond motifs is 3. The fourth-order valence-electron chi connectivity index (χ4n) is 8.78. The molecule has 3 N–H and O–H groups in total. The second kappa shape index (κ2) is 6.94. The minimum Gasteiger partial charge on any atom is -0.323 e. The molecule has 37 heavy (non-hydrogen) atoms. The predicted octanol–water partition coefficient (Wildman–Crippen LogP) is 3.91. The first-order valence-electron chi connectivity index (χ1n) is 13.7. The van der Waals surface area contributed by atoms with Gasteiger partial charge in [0.2, 0.25) is 0 Å². The van der Waals surface area contributed by atoms with E-state index in [1.54, 1.807) is 0 Å². The Labute approximate surface area is 215 Å². The predicted molar refractivity (Wildman–Crippen MR) is 140 cm³/mol. The Hall–Kier alpha value is -3.36. The van der Waals surface area contributed by atoms with Crippen LogP contribution in [0.1, 0.15) is 60.7 Å². The van der Waals surface area contributed by atoms with Crippen LogP contribution in [0.4, 0.5) is 11.5 Å². The van der Waals surface area contributed by atoms with Gasteiger partial charge in [-0.3, -0.25) is 15.0 Å². The average molecular weight is 491 g/mol. The first-order chi connectivity index (χ1) is 18.2. The van der Waals surface area contributed by atoms with Crippen molar-refractivity contribution in [2.45, 2.75) is 68.6 Å². The van der Waals surface area contributed by atoms with Gasteiger partial charge in [-0.05, 0) is 73.6 Å². The molecule has 1 aliphatic carbocycles. The largest absolute Gasteiger partial charge is 0.323 e. The van der Waals surface area contributed by atoms with Crippen molar-refractivity contribution in [1.82, 2.24) is 30.0 Å². The van der Waals surface area contributed by atoms with Gasteiger partial charge in [0.15, 0.2) is 17.0 Å². The number of H-pyrrole nitrogens is 1. The summed E-state index contributed by atoms with van der Waals surface area (Å²) in [4.78, 5) is 19.6. The lowest BCUT2D eigenvalue weighted by atomic mass is 9.52. The van der Waals surface area contributed by atoms with Crippen LogP contribution in [0.5, 0.6) is 0 Å². The van der Waals surface area contributed by atoms with Crippen molar-refractivity contribution in [2.75, 3.05) is 11.4 Å². The second-order valence-electron chi connectivity index (χ2n) is 12.0. The number of aromatic nitrogens is 5. The number of anilines is 2. The van der Waals surface area contributed by atoms with E-state index in [2.05, 4.69) is 55.3 Å². The van der Waals surface area contributed by atoms with Crippen molar-refractivity contribution in [3.63, 3.8) is 0 Å². The van der Waals surface area contributed by atoms with Gasteiger partial charge in [0.1, 0.15) is 0 Å². The molecule has 4 aliphatic heterocycles. The molecule has 0 amide bonds. The molecule has 3 saturated heterocycles. The van der Waals surface area contributed by atoms with Crippen LogP contribution in [0.25, 0.3) is 11.2 Å². The number of benzene rings is 1. The summed E-state index contributed by atoms with van der Waals surface area (Å²) in [6.45, 7) is 0.914. The molecule has 1 spiro atoms. The number of nitrogens with one attached hydrogen (secondary N) is 1. The maximum Gasteiger partial charge on any atom is 0.183 e. The van der Waals surface area contributed by atoms with Gasteiger partial charge in [0.05, 0.1) is 28.8 Å². The zero-order valence-corrected chi connectivity index (χ0v) is 20.8. The number of aromatic amines is 1. The van der Waals surface area contributed by atoms with E-state index in [1.807, 2.05) is 18.5 Å². The SMILES string of the molecule is N[C@@H]1c2ccccc2CC12C[C@@H]1CC3(c4cnc5c(N6CCCc7ncccc76)n[nH]c5n4)C[C@H](C2)N13. The van der Waals surface area contributed by atoms with Crippen LogP contribution in [0.3, 0.4) is 0 Å². The molecule has 5 atom stereocenters. The summed E-state index contributed by atoms with van der Waals surface area (Å²) >= 11 is 0. The third-order valence-corrected chi connectivity index (χ3v) is 10.2. The molecule has 4 aromatic rings. The maximum atomic E-state index is 6.91. The minimum atomic E-state index is 0.0423. The Morgan fingerprint density at radius 3 is 2.73 bits per heavy atom. The molecule has 8 nitrogen and oxygen atoms in total. The summed E-state index contributed by atoms with van der Waals surface area (Å²) in [6.07, 6.45) is 11.8. The second-order valence-corrected chi connectivity index (χ2v) is 12.0. The Morgan fingerprint density at radius 1 is 1.00 bits per heavy atom. The Balaban J connectivity index is 1.00. The summed E-state index contributed by atoms with van der Waals surface area (Å²) in [5.41, 5.74) is 15.0. The lowest BCUT2D eigenvalue weighted by Gasteiger charge is -2.74. The van der Waals surface area contributed by atoms with Crippen LogP contribution in [0, 0.1) is 5.41 Å². The van der Waals surface area contributed by atoms with E-state index < -0.39 is 0 Å². The van der Waals surface area contributed by atoms with Gasteiger partial charge in [0, 0.05) is 30.9 Å². The van der Waals surface area contributed by atoms with Gasteiger partial charge in [-0.2, -0.15) is 5.10 Å². The Bertz CT molecular complexity index is 1560. The first-order valence-corrected chi connectivity index (χ1v) is 13.7. The zero-order chi connectivity index (χ0) is 24.4. The molecule has 2 unspecified atom stereocenters. The monoisotopic (exact) mass is 490 g/mol. The molecule has 9 rings (SSSR count). The highest BCUT2D eigenvalue weighted by atomic mass is 15.4. The van der Waals surface area contributed by atoms with Crippen molar-refractivity contribution in [3.8, 4) is 0 Å². The Morgan fingerprint density at radius 2 is 1.86 bits per heavy atom. The molecule has 3 fully saturated rings. The van der Waals surface area contributed by atoms with Crippen LogP contribution in [0.2, 0.25) is 0 Å². The highest BCUT2D eigenvalue weighted by Crippen LogP contribution is 2.67. The zero-order valence-electron chi connectivity index (χ0n) is 20.8. The number of piperidine rings is 2. The van der Waals surface area contributed by atoms with Crippen molar-refractivity contribution in [3.05, 3.63) is 71.3 Å². The number of hydrogen-bond acceptors (Lipinski definition) is 7. The van der Waals surface area contributed by atoms with Gasteiger partial charge in [-0.15, -0.1) is 0 Å². The van der Waals surface area contributed by atoms with E-state index in [0.717, 1.165) is 72.7 Å². The van der Waals surface area contributed by atoms with Crippen LogP contribution in [-0.4, -0.2) is 48.7 Å². The molecule has 0 saturated carbocycles. The highest BCUT2D eigenvalue weighted by molar-refractivity contribution is 5.87. The van der Waals surface area contributed by atoms with Crippen LogP contribution in [0.15, 0.2) is 48.8 Å². The number of rotatable bonds is 2. The van der Waals surface area contributed by atoms with Gasteiger partial charge < -0.3 is 10.6 Å². The maximum absolute atomic E-state index is 6.91. The average Bonchev–Trinajstić information content (AvgIpc) is 3.44. The molecule has 0 bridgehead atoms. The third-order valence-electron chi connectivity index (χ3n) is 10.2. The lowest BCUT2D eigenvalue weighted by Crippen LogP contribution is -2.80. The van der Waals surface area contributed by atoms with Crippen molar-refractivity contribution < 1.29 is 0 Å². The molecule has 0 radical (unpaired) electrons. The van der Waals surface area contributed by atoms with Crippen molar-refractivity contribution in [2.24, 2.45) is 11.1 Å². The highest BCUT2D eigenvalue weighted by Gasteiger charge is 2.70. The van der Waals surface area contributed by atoms with Crippen LogP contribution < -0.4 is 10.6 Å². The van der Waals surface area contributed by atoms with Crippen LogP contribution >= 0.6 is 0 Å². The van der Waals surface area contributed by atoms with Crippen molar-refractivity contribution in [1.29, 1.82) is 0 Å². The summed E-state index contributed by atoms with van der Waals surface area (Å²) in [5.74, 6) is 0.855. The molecular formula is C29H30N8. The molecule has 8 heteroatoms. The molecule has 7 heterocycles. The summed E-state index contributed by atoms with van der Waals surface area (Å²) in [7, 11) is 0. The van der Waals surface area contributed by atoms with E-state index in [9.17, 15) is 0 Å². The third kappa shape index (κ3) is 2.55. The van der Waals surface area contributed by atoms with Crippen molar-refractivity contribution >= 4 is 22.7 Å². The lowest BCUT2D eigenvalue weighted by molar-refractivity contribution is -0.253. The summed E-state index contributed by atoms with van der Waals surface area (Å²) in [6, 6.07) is 14.3. The van der Waals surface area contributed by atoms with Gasteiger partial charge in [-0.1, -0.05) is 24.3 Å². The molecular weight excluding hydrogens is 460 g/mol. The molecule has 3 aromatic heterocycles. The number of pyridine rings is 1. The van der Waals surface area contributed by atoms with Gasteiger partial charge in [0.25, 0.3) is 0 Å². The van der Waals surface area contributed by atoms with Crippen LogP contribution in [-0.2, 0) is 18.4 Å². The summed E-state index contributed by atoms with van der Waals surface area (Å²) in [5, 5.41) is 7.88. The first kappa shape index (κ1) is 20.7. The standard InChI is InChI=1S/C29H30N8/c30-25-20-6-2-1-5-17(20)11-28(25)12-18-14-29(15-19(13-28)37(18)29)23-16-32-24-26(33-23)34-35-27(24)36-10-4-7-21-22(36)8-3-9-31-21/h1-3,5-6,8-9,16,18-19,25H,4,7,10-15,30H2,(H,33,34,35)/t18-,19+,25-,28?,29?/m1/s1. The number of hydrogen-bond donors (Lipinski definition) is 2. The van der Waals surface area contributed by atoms with E-state index in [1.165, 1.54) is 24.0 Å². The minimum absolute atomic E-state index is 0.0423. The number of nitrogens with two attached hydrogens (primary N) is 1. The molecule has 1 aromatic carbocycles. The quantitative estimate of drug-likeness (QED) is 0.439. The van der Waals surface area contributed by atoms with E-state index in [0.29, 0.717) is 12.1 Å². The topological polar surface area (TPSA) is 99.8 Å². The fourth-order valence-corrected chi connectivity index (χ4v) is 8.78. The normalized spacial score (nSPS) is 33.5. The number of nitrogens with zero attached hydrogens (tertiary/aromatic N) is 6.